The Morgan fingerprint density at radius 3 is 2.39 bits per heavy atom. The van der Waals surface area contributed by atoms with E-state index >= 15 is 0 Å². The number of amides is 1. The van der Waals surface area contributed by atoms with Crippen molar-refractivity contribution >= 4 is 37.0 Å². The fourth-order valence-corrected chi connectivity index (χ4v) is 5.54. The highest BCUT2D eigenvalue weighted by Gasteiger charge is 2.20. The molecule has 33 heavy (non-hydrogen) atoms. The van der Waals surface area contributed by atoms with Crippen molar-refractivity contribution in [2.45, 2.75) is 35.5 Å². The molecule has 0 unspecified atom stereocenters. The Bertz CT molecular complexity index is 1290. The Kier molecular flexibility index (Phi) is 7.38. The van der Waals surface area contributed by atoms with Gasteiger partial charge in [-0.1, -0.05) is 6.07 Å². The minimum atomic E-state index is -3.59. The van der Waals surface area contributed by atoms with E-state index in [-0.39, 0.29) is 40.7 Å². The monoisotopic (exact) mass is 495 g/mol. The maximum atomic E-state index is 12.6. The van der Waals surface area contributed by atoms with Crippen LogP contribution >= 0.6 is 0 Å². The largest absolute Gasteiger partial charge is 0.378 e. The molecule has 0 radical (unpaired) electrons. The van der Waals surface area contributed by atoms with Crippen molar-refractivity contribution in [3.8, 4) is 0 Å². The van der Waals surface area contributed by atoms with Gasteiger partial charge in [0.2, 0.25) is 5.91 Å². The molecule has 0 spiro atoms. The number of nitrogens with one attached hydrogen (secondary N) is 2. The van der Waals surface area contributed by atoms with Crippen LogP contribution in [0.4, 0.5) is 11.4 Å². The molecule has 2 N–H and O–H groups in total. The van der Waals surface area contributed by atoms with Gasteiger partial charge in [-0.15, -0.1) is 0 Å². The second-order valence-electron chi connectivity index (χ2n) is 7.84. The van der Waals surface area contributed by atoms with E-state index in [4.69, 9.17) is 0 Å². The fraction of sp³-hybridized carbons (Fsp3) is 0.381. The van der Waals surface area contributed by atoms with Crippen LogP contribution in [0, 0.1) is 10.1 Å². The van der Waals surface area contributed by atoms with Crippen LogP contribution in [-0.4, -0.2) is 52.8 Å². The number of carbonyl (C=O) groups is 1. The van der Waals surface area contributed by atoms with E-state index in [0.717, 1.165) is 37.1 Å². The van der Waals surface area contributed by atoms with Gasteiger partial charge in [0, 0.05) is 31.8 Å². The number of sulfone groups is 2. The molecule has 0 bridgehead atoms. The Balaban J connectivity index is 1.49. The van der Waals surface area contributed by atoms with E-state index < -0.39 is 36.2 Å². The van der Waals surface area contributed by atoms with E-state index in [0.29, 0.717) is 0 Å². The second-order valence-corrected chi connectivity index (χ2v) is 12.0. The van der Waals surface area contributed by atoms with Crippen molar-refractivity contribution in [1.82, 2.24) is 5.32 Å². The minimum absolute atomic E-state index is 0.0999. The maximum Gasteiger partial charge on any atom is 0.293 e. The highest BCUT2D eigenvalue weighted by atomic mass is 32.2. The van der Waals surface area contributed by atoms with Gasteiger partial charge in [-0.2, -0.15) is 0 Å². The molecule has 10 nitrogen and oxygen atoms in total. The van der Waals surface area contributed by atoms with Crippen LogP contribution in [0.15, 0.2) is 46.2 Å². The molecule has 0 saturated heterocycles. The molecule has 178 valence electrons. The van der Waals surface area contributed by atoms with Crippen molar-refractivity contribution in [2.75, 3.05) is 30.4 Å². The van der Waals surface area contributed by atoms with Crippen LogP contribution in [0.1, 0.15) is 24.0 Å². The lowest BCUT2D eigenvalue weighted by molar-refractivity contribution is -0.384. The first-order valence-corrected chi connectivity index (χ1v) is 13.9. The highest BCUT2D eigenvalue weighted by Crippen LogP contribution is 2.27. The van der Waals surface area contributed by atoms with Gasteiger partial charge in [0.1, 0.15) is 5.69 Å². The molecule has 1 amide bonds. The number of hydrogen-bond donors (Lipinski definition) is 2. The van der Waals surface area contributed by atoms with Gasteiger partial charge in [-0.05, 0) is 54.7 Å². The summed E-state index contributed by atoms with van der Waals surface area (Å²) in [6.45, 7) is 0.227. The Morgan fingerprint density at radius 1 is 1.00 bits per heavy atom. The topological polar surface area (TPSA) is 153 Å². The molecule has 3 rings (SSSR count). The van der Waals surface area contributed by atoms with Crippen LogP contribution in [-0.2, 0) is 37.3 Å². The first-order chi connectivity index (χ1) is 15.5. The number of benzene rings is 2. The van der Waals surface area contributed by atoms with Gasteiger partial charge >= 0.3 is 0 Å². The summed E-state index contributed by atoms with van der Waals surface area (Å²) < 4.78 is 48.3. The molecule has 2 aromatic carbocycles. The van der Waals surface area contributed by atoms with E-state index in [2.05, 4.69) is 10.6 Å². The van der Waals surface area contributed by atoms with Crippen LogP contribution in [0.25, 0.3) is 0 Å². The zero-order chi connectivity index (χ0) is 24.2. The molecular weight excluding hydrogens is 470 g/mol. The fourth-order valence-electron chi connectivity index (χ4n) is 3.62. The first-order valence-electron chi connectivity index (χ1n) is 10.3. The third kappa shape index (κ3) is 6.29. The molecule has 1 aliphatic rings. The van der Waals surface area contributed by atoms with Gasteiger partial charge in [-0.25, -0.2) is 16.8 Å². The zero-order valence-corrected chi connectivity index (χ0v) is 19.7. The number of rotatable bonds is 10. The SMILES string of the molecule is CS(=O)(=O)c1ccc(NCCNC(=O)CCS(=O)(=O)c2ccc3c(c2)CCC3)c([N+](=O)[O-])c1. The molecule has 2 aromatic rings. The summed E-state index contributed by atoms with van der Waals surface area (Å²) in [6, 6.07) is 8.64. The predicted molar refractivity (Wildman–Crippen MR) is 123 cm³/mol. The average Bonchev–Trinajstić information content (AvgIpc) is 3.22. The van der Waals surface area contributed by atoms with Gasteiger partial charge in [0.05, 0.1) is 20.5 Å². The summed E-state index contributed by atoms with van der Waals surface area (Å²) >= 11 is 0. The van der Waals surface area contributed by atoms with Gasteiger partial charge < -0.3 is 10.6 Å². The molecule has 0 atom stereocenters. The van der Waals surface area contributed by atoms with E-state index in [1.165, 1.54) is 17.7 Å². The number of anilines is 1. The summed E-state index contributed by atoms with van der Waals surface area (Å²) in [5, 5.41) is 16.6. The number of carbonyl (C=O) groups excluding carboxylic acids is 1. The lowest BCUT2D eigenvalue weighted by Gasteiger charge is -2.10. The highest BCUT2D eigenvalue weighted by molar-refractivity contribution is 7.91. The summed E-state index contributed by atoms with van der Waals surface area (Å²) in [6.07, 6.45) is 3.58. The molecule has 12 heteroatoms. The lowest BCUT2D eigenvalue weighted by atomic mass is 10.1. The second kappa shape index (κ2) is 9.87. The van der Waals surface area contributed by atoms with E-state index in [9.17, 15) is 31.7 Å². The first kappa shape index (κ1) is 24.6. The third-order valence-electron chi connectivity index (χ3n) is 5.38. The number of hydrogen-bond acceptors (Lipinski definition) is 8. The molecule has 0 saturated carbocycles. The molecule has 0 fully saturated rings. The summed E-state index contributed by atoms with van der Waals surface area (Å²) in [5.74, 6) is -0.771. The Labute approximate surface area is 192 Å². The van der Waals surface area contributed by atoms with Crippen LogP contribution in [0.3, 0.4) is 0 Å². The number of nitro benzene ring substituents is 1. The van der Waals surface area contributed by atoms with Crippen molar-refractivity contribution in [2.24, 2.45) is 0 Å². The van der Waals surface area contributed by atoms with Crippen molar-refractivity contribution < 1.29 is 26.6 Å². The molecule has 0 heterocycles. The van der Waals surface area contributed by atoms with Gasteiger partial charge in [-0.3, -0.25) is 14.9 Å². The average molecular weight is 496 g/mol. The van der Waals surface area contributed by atoms with E-state index in [1.54, 1.807) is 12.1 Å². The lowest BCUT2D eigenvalue weighted by Crippen LogP contribution is -2.30. The molecule has 0 aromatic heterocycles. The maximum absolute atomic E-state index is 12.6. The summed E-state index contributed by atoms with van der Waals surface area (Å²) in [7, 11) is -7.17. The molecule has 0 aliphatic heterocycles. The summed E-state index contributed by atoms with van der Waals surface area (Å²) in [5.41, 5.74) is 1.93. The van der Waals surface area contributed by atoms with Crippen LogP contribution in [0.5, 0.6) is 0 Å². The smallest absolute Gasteiger partial charge is 0.293 e. The van der Waals surface area contributed by atoms with Crippen molar-refractivity contribution in [3.63, 3.8) is 0 Å². The minimum Gasteiger partial charge on any atom is -0.378 e. The normalized spacial score (nSPS) is 13.4. The molecule has 1 aliphatic carbocycles. The number of fused-ring (bicyclic) bond motifs is 1. The summed E-state index contributed by atoms with van der Waals surface area (Å²) in [4.78, 5) is 22.7. The van der Waals surface area contributed by atoms with E-state index in [1.807, 2.05) is 6.07 Å². The zero-order valence-electron chi connectivity index (χ0n) is 18.0. The van der Waals surface area contributed by atoms with Crippen molar-refractivity contribution in [1.29, 1.82) is 0 Å². The molecular formula is C21H25N3O7S2. The number of aryl methyl sites for hydroxylation is 2. The third-order valence-corrected chi connectivity index (χ3v) is 8.21. The van der Waals surface area contributed by atoms with Gasteiger partial charge in [0.25, 0.3) is 5.69 Å². The predicted octanol–water partition coefficient (Wildman–Crippen LogP) is 1.88. The quantitative estimate of drug-likeness (QED) is 0.288. The van der Waals surface area contributed by atoms with Crippen LogP contribution in [0.2, 0.25) is 0 Å². The van der Waals surface area contributed by atoms with Crippen LogP contribution < -0.4 is 10.6 Å². The Hall–Kier alpha value is -2.99. The standard InChI is InChI=1S/C21H25N3O7S2/c1-32(28,29)17-7-8-19(20(14-17)24(26)27)22-10-11-23-21(25)9-12-33(30,31)18-6-5-15-3-2-4-16(15)13-18/h5-8,13-14,22H,2-4,9-12H2,1H3,(H,23,25). The number of nitrogens with zero attached hydrogens (tertiary/aromatic N) is 1. The Morgan fingerprint density at radius 2 is 1.70 bits per heavy atom. The van der Waals surface area contributed by atoms with Crippen molar-refractivity contribution in [3.05, 3.63) is 57.6 Å². The number of nitro groups is 1. The van der Waals surface area contributed by atoms with Gasteiger partial charge in [0.15, 0.2) is 19.7 Å².